The molecule has 2 aromatic carbocycles. The molecule has 0 aliphatic carbocycles. The minimum atomic E-state index is -0.0464. The Hall–Kier alpha value is -2.35. The normalized spacial score (nSPS) is 16.2. The molecule has 0 radical (unpaired) electrons. The number of aromatic amines is 1. The average Bonchev–Trinajstić information content (AvgIpc) is 3.44. The maximum atomic E-state index is 12.7. The molecule has 30 heavy (non-hydrogen) atoms. The Balaban J connectivity index is 1.24. The van der Waals surface area contributed by atoms with Crippen LogP contribution in [0.15, 0.2) is 53.7 Å². The van der Waals surface area contributed by atoms with E-state index in [0.29, 0.717) is 31.1 Å². The molecular weight excluding hydrogens is 398 g/mol. The molecule has 3 aromatic rings. The lowest BCUT2D eigenvalue weighted by atomic mass is 10.1. The number of carbonyl (C=O) groups is 1. The minimum absolute atomic E-state index is 0.0464. The van der Waals surface area contributed by atoms with Gasteiger partial charge in [0.05, 0.1) is 23.7 Å². The highest BCUT2D eigenvalue weighted by Crippen LogP contribution is 2.24. The number of para-hydroxylation sites is 2. The van der Waals surface area contributed by atoms with Crippen molar-refractivity contribution in [1.82, 2.24) is 15.3 Å². The predicted molar refractivity (Wildman–Crippen MR) is 119 cm³/mol. The van der Waals surface area contributed by atoms with E-state index in [0.717, 1.165) is 47.6 Å². The lowest BCUT2D eigenvalue weighted by Crippen LogP contribution is -2.26. The summed E-state index contributed by atoms with van der Waals surface area (Å²) in [6.45, 7) is 2.72. The molecule has 1 aromatic heterocycles. The summed E-state index contributed by atoms with van der Waals surface area (Å²) in [5.41, 5.74) is 3.68. The van der Waals surface area contributed by atoms with Gasteiger partial charge < -0.3 is 19.8 Å². The fourth-order valence-corrected chi connectivity index (χ4v) is 4.36. The number of fused-ring (bicyclic) bond motifs is 1. The van der Waals surface area contributed by atoms with Crippen LogP contribution in [0.3, 0.4) is 0 Å². The van der Waals surface area contributed by atoms with Gasteiger partial charge in [-0.3, -0.25) is 4.79 Å². The molecule has 1 aliphatic heterocycles. The van der Waals surface area contributed by atoms with E-state index < -0.39 is 0 Å². The van der Waals surface area contributed by atoms with Crippen molar-refractivity contribution in [1.29, 1.82) is 0 Å². The highest BCUT2D eigenvalue weighted by Gasteiger charge is 2.15. The number of rotatable bonds is 10. The van der Waals surface area contributed by atoms with Gasteiger partial charge in [-0.05, 0) is 43.0 Å². The predicted octanol–water partition coefficient (Wildman–Crippen LogP) is 4.17. The molecule has 0 spiro atoms. The first-order valence-corrected chi connectivity index (χ1v) is 11.4. The van der Waals surface area contributed by atoms with E-state index in [9.17, 15) is 4.79 Å². The topological polar surface area (TPSA) is 76.2 Å². The van der Waals surface area contributed by atoms with E-state index in [2.05, 4.69) is 15.3 Å². The van der Waals surface area contributed by atoms with Crippen molar-refractivity contribution < 1.29 is 14.3 Å². The quantitative estimate of drug-likeness (QED) is 0.377. The number of ether oxygens (including phenoxy) is 2. The van der Waals surface area contributed by atoms with Crippen LogP contribution in [0.25, 0.3) is 11.0 Å². The SMILES string of the molecule is O=C(NCCCOCC1CCCO1)c1ccccc1CSc1nc2ccccc2[nH]1. The van der Waals surface area contributed by atoms with Gasteiger partial charge in [0.1, 0.15) is 0 Å². The molecule has 6 nitrogen and oxygen atoms in total. The number of hydrogen-bond acceptors (Lipinski definition) is 5. The molecular formula is C23H27N3O3S. The van der Waals surface area contributed by atoms with E-state index >= 15 is 0 Å². The Labute approximate surface area is 180 Å². The Kier molecular flexibility index (Phi) is 7.39. The van der Waals surface area contributed by atoms with Crippen molar-refractivity contribution in [3.8, 4) is 0 Å². The number of benzene rings is 2. The number of carbonyl (C=O) groups excluding carboxylic acids is 1. The Morgan fingerprint density at radius 2 is 2.10 bits per heavy atom. The highest BCUT2D eigenvalue weighted by atomic mass is 32.2. The number of amides is 1. The lowest BCUT2D eigenvalue weighted by molar-refractivity contribution is 0.0166. The molecule has 1 fully saturated rings. The van der Waals surface area contributed by atoms with Crippen molar-refractivity contribution in [2.45, 2.75) is 36.3 Å². The number of nitrogens with zero attached hydrogens (tertiary/aromatic N) is 1. The van der Waals surface area contributed by atoms with Crippen LogP contribution >= 0.6 is 11.8 Å². The number of hydrogen-bond donors (Lipinski definition) is 2. The highest BCUT2D eigenvalue weighted by molar-refractivity contribution is 7.98. The molecule has 2 heterocycles. The van der Waals surface area contributed by atoms with Crippen LogP contribution in [-0.2, 0) is 15.2 Å². The van der Waals surface area contributed by atoms with Gasteiger partial charge in [0.25, 0.3) is 5.91 Å². The maximum absolute atomic E-state index is 12.7. The third kappa shape index (κ3) is 5.62. The molecule has 1 amide bonds. The van der Waals surface area contributed by atoms with Gasteiger partial charge in [-0.1, -0.05) is 42.1 Å². The van der Waals surface area contributed by atoms with Crippen LogP contribution < -0.4 is 5.32 Å². The lowest BCUT2D eigenvalue weighted by Gasteiger charge is -2.11. The van der Waals surface area contributed by atoms with Crippen molar-refractivity contribution in [3.05, 3.63) is 59.7 Å². The van der Waals surface area contributed by atoms with Crippen LogP contribution in [0.2, 0.25) is 0 Å². The third-order valence-corrected chi connectivity index (χ3v) is 5.99. The Morgan fingerprint density at radius 3 is 2.97 bits per heavy atom. The summed E-state index contributed by atoms with van der Waals surface area (Å²) in [6, 6.07) is 15.7. The van der Waals surface area contributed by atoms with Crippen molar-refractivity contribution in [2.75, 3.05) is 26.4 Å². The largest absolute Gasteiger partial charge is 0.379 e. The van der Waals surface area contributed by atoms with Gasteiger partial charge >= 0.3 is 0 Å². The molecule has 1 aliphatic rings. The zero-order valence-electron chi connectivity index (χ0n) is 16.9. The van der Waals surface area contributed by atoms with Crippen LogP contribution in [-0.4, -0.2) is 48.3 Å². The first-order valence-electron chi connectivity index (χ1n) is 10.4. The van der Waals surface area contributed by atoms with E-state index in [4.69, 9.17) is 9.47 Å². The number of imidazole rings is 1. The van der Waals surface area contributed by atoms with Crippen LogP contribution in [0.4, 0.5) is 0 Å². The fourth-order valence-electron chi connectivity index (χ4n) is 3.47. The van der Waals surface area contributed by atoms with Gasteiger partial charge in [-0.15, -0.1) is 0 Å². The number of H-pyrrole nitrogens is 1. The fraction of sp³-hybridized carbons (Fsp3) is 0.391. The van der Waals surface area contributed by atoms with Gasteiger partial charge in [-0.25, -0.2) is 4.98 Å². The Morgan fingerprint density at radius 1 is 1.23 bits per heavy atom. The van der Waals surface area contributed by atoms with Gasteiger partial charge in [0.15, 0.2) is 5.16 Å². The molecule has 158 valence electrons. The molecule has 2 N–H and O–H groups in total. The number of thioether (sulfide) groups is 1. The second-order valence-corrected chi connectivity index (χ2v) is 8.29. The van der Waals surface area contributed by atoms with Crippen LogP contribution in [0.5, 0.6) is 0 Å². The summed E-state index contributed by atoms with van der Waals surface area (Å²) >= 11 is 1.60. The molecule has 1 unspecified atom stereocenters. The molecule has 7 heteroatoms. The van der Waals surface area contributed by atoms with Gasteiger partial charge in [-0.2, -0.15) is 0 Å². The van der Waals surface area contributed by atoms with Crippen LogP contribution in [0.1, 0.15) is 35.2 Å². The number of aromatic nitrogens is 2. The van der Waals surface area contributed by atoms with Crippen molar-refractivity contribution in [3.63, 3.8) is 0 Å². The summed E-state index contributed by atoms with van der Waals surface area (Å²) in [6.07, 6.45) is 3.24. The summed E-state index contributed by atoms with van der Waals surface area (Å²) < 4.78 is 11.2. The van der Waals surface area contributed by atoms with Crippen molar-refractivity contribution in [2.24, 2.45) is 0 Å². The second kappa shape index (κ2) is 10.6. The molecule has 1 atom stereocenters. The minimum Gasteiger partial charge on any atom is -0.379 e. The zero-order chi connectivity index (χ0) is 20.6. The summed E-state index contributed by atoms with van der Waals surface area (Å²) in [7, 11) is 0. The maximum Gasteiger partial charge on any atom is 0.251 e. The third-order valence-electron chi connectivity index (χ3n) is 5.07. The molecule has 0 bridgehead atoms. The smallest absolute Gasteiger partial charge is 0.251 e. The van der Waals surface area contributed by atoms with E-state index in [1.807, 2.05) is 48.5 Å². The van der Waals surface area contributed by atoms with E-state index in [-0.39, 0.29) is 12.0 Å². The summed E-state index contributed by atoms with van der Waals surface area (Å²) in [4.78, 5) is 20.6. The molecule has 4 rings (SSSR count). The van der Waals surface area contributed by atoms with Crippen LogP contribution in [0, 0.1) is 0 Å². The zero-order valence-corrected chi connectivity index (χ0v) is 17.7. The molecule has 0 saturated carbocycles. The summed E-state index contributed by atoms with van der Waals surface area (Å²) in [5.74, 6) is 0.628. The Bertz CT molecular complexity index is 936. The van der Waals surface area contributed by atoms with E-state index in [1.54, 1.807) is 11.8 Å². The van der Waals surface area contributed by atoms with Gasteiger partial charge in [0, 0.05) is 31.1 Å². The van der Waals surface area contributed by atoms with Crippen molar-refractivity contribution >= 4 is 28.7 Å². The second-order valence-electron chi connectivity index (χ2n) is 7.32. The molecule has 1 saturated heterocycles. The van der Waals surface area contributed by atoms with E-state index in [1.165, 1.54) is 0 Å². The standard InChI is InChI=1S/C23H27N3O3S/c27-22(24-12-6-13-28-15-18-8-5-14-29-18)19-9-2-1-7-17(19)16-30-23-25-20-10-3-4-11-21(20)26-23/h1-4,7,9-11,18H,5-6,8,12-16H2,(H,24,27)(H,25,26). The first kappa shape index (κ1) is 20.9. The monoisotopic (exact) mass is 425 g/mol. The van der Waals surface area contributed by atoms with Gasteiger partial charge in [0.2, 0.25) is 0 Å². The summed E-state index contributed by atoms with van der Waals surface area (Å²) in [5, 5.41) is 3.86. The first-order chi connectivity index (χ1) is 14.8. The number of nitrogens with one attached hydrogen (secondary N) is 2. The average molecular weight is 426 g/mol.